The molecular weight excluding hydrogens is 447 g/mol. The predicted octanol–water partition coefficient (Wildman–Crippen LogP) is 1.92. The Hall–Kier alpha value is -1.65. The minimum absolute atomic E-state index is 0.0501. The second-order valence-electron chi connectivity index (χ2n) is 8.94. The van der Waals surface area contributed by atoms with Crippen LogP contribution in [-0.2, 0) is 20.3 Å². The number of hydrogen-bond donors (Lipinski definition) is 3. The molecule has 0 bridgehead atoms. The number of aliphatic hydroxyl groups excluding tert-OH is 2. The summed E-state index contributed by atoms with van der Waals surface area (Å²) in [5.41, 5.74) is 2.66. The number of benzene rings is 1. The number of rotatable bonds is 9. The third-order valence-corrected chi connectivity index (χ3v) is 7.61. The molecular formula is C24H35FN2O5S. The first-order valence-electron chi connectivity index (χ1n) is 11.5. The highest BCUT2D eigenvalue weighted by molar-refractivity contribution is 7.85. The third kappa shape index (κ3) is 7.42. The van der Waals surface area contributed by atoms with Gasteiger partial charge in [-0.05, 0) is 43.5 Å². The van der Waals surface area contributed by atoms with Crippen molar-refractivity contribution < 1.29 is 28.3 Å². The minimum Gasteiger partial charge on any atom is -0.386 e. The Morgan fingerprint density at radius 1 is 1.33 bits per heavy atom. The molecule has 33 heavy (non-hydrogen) atoms. The zero-order chi connectivity index (χ0) is 24.0. The van der Waals surface area contributed by atoms with E-state index in [2.05, 4.69) is 5.32 Å². The average molecular weight is 483 g/mol. The first kappa shape index (κ1) is 26.0. The molecule has 9 heteroatoms. The van der Waals surface area contributed by atoms with E-state index in [0.717, 1.165) is 24.0 Å². The van der Waals surface area contributed by atoms with Gasteiger partial charge in [-0.25, -0.2) is 4.39 Å². The van der Waals surface area contributed by atoms with E-state index >= 15 is 0 Å². The lowest BCUT2D eigenvalue weighted by atomic mass is 9.97. The molecule has 3 rings (SSSR count). The van der Waals surface area contributed by atoms with Gasteiger partial charge in [0.15, 0.2) is 6.29 Å². The van der Waals surface area contributed by atoms with Crippen molar-refractivity contribution in [2.75, 3.05) is 31.8 Å². The largest absolute Gasteiger partial charge is 0.386 e. The van der Waals surface area contributed by atoms with Crippen molar-refractivity contribution >= 4 is 22.3 Å². The number of nitrogens with zero attached hydrogens (tertiary/aromatic N) is 1. The van der Waals surface area contributed by atoms with E-state index in [1.54, 1.807) is 12.1 Å². The number of aliphatic hydroxyl groups is 2. The van der Waals surface area contributed by atoms with E-state index < -0.39 is 35.9 Å². The molecule has 0 saturated carbocycles. The van der Waals surface area contributed by atoms with Crippen molar-refractivity contribution in [1.29, 1.82) is 0 Å². The highest BCUT2D eigenvalue weighted by Crippen LogP contribution is 2.25. The predicted molar refractivity (Wildman–Crippen MR) is 127 cm³/mol. The summed E-state index contributed by atoms with van der Waals surface area (Å²) in [6.45, 7) is 1.48. The van der Waals surface area contributed by atoms with Crippen molar-refractivity contribution in [3.63, 3.8) is 0 Å². The fourth-order valence-electron chi connectivity index (χ4n) is 4.38. The monoisotopic (exact) mass is 482 g/mol. The molecule has 1 aromatic rings. The summed E-state index contributed by atoms with van der Waals surface area (Å²) >= 11 is 0. The molecule has 1 unspecified atom stereocenters. The lowest BCUT2D eigenvalue weighted by Crippen LogP contribution is -2.45. The quantitative estimate of drug-likeness (QED) is 0.497. The van der Waals surface area contributed by atoms with E-state index in [1.807, 2.05) is 37.1 Å². The summed E-state index contributed by atoms with van der Waals surface area (Å²) in [5.74, 6) is 0.871. The fourth-order valence-corrected chi connectivity index (χ4v) is 5.39. The number of carbonyl (C=O) groups excluding carboxylic acids is 1. The van der Waals surface area contributed by atoms with Crippen LogP contribution < -0.4 is 5.32 Å². The maximum absolute atomic E-state index is 13.7. The molecule has 0 aliphatic carbocycles. The molecule has 184 valence electrons. The Kier molecular flexibility index (Phi) is 9.57. The topological polar surface area (TPSA) is 99.1 Å². The van der Waals surface area contributed by atoms with Crippen molar-refractivity contribution in [3.8, 4) is 0 Å². The summed E-state index contributed by atoms with van der Waals surface area (Å²) < 4.78 is 30.5. The lowest BCUT2D eigenvalue weighted by Gasteiger charge is -2.36. The van der Waals surface area contributed by atoms with Crippen molar-refractivity contribution in [2.24, 2.45) is 0 Å². The fraction of sp³-hybridized carbons (Fsp3) is 0.625. The first-order chi connectivity index (χ1) is 15.8. The summed E-state index contributed by atoms with van der Waals surface area (Å²) in [5, 5.41) is 23.0. The van der Waals surface area contributed by atoms with Gasteiger partial charge in [-0.15, -0.1) is 0 Å². The van der Waals surface area contributed by atoms with Crippen LogP contribution in [0.4, 0.5) is 4.39 Å². The van der Waals surface area contributed by atoms with Gasteiger partial charge in [-0.2, -0.15) is 0 Å². The normalized spacial score (nSPS) is 27.6. The van der Waals surface area contributed by atoms with Crippen LogP contribution in [0.2, 0.25) is 0 Å². The van der Waals surface area contributed by atoms with Gasteiger partial charge < -0.3 is 25.2 Å². The van der Waals surface area contributed by atoms with Gasteiger partial charge >= 0.3 is 0 Å². The van der Waals surface area contributed by atoms with Crippen LogP contribution in [0.15, 0.2) is 30.3 Å². The van der Waals surface area contributed by atoms with Gasteiger partial charge in [0.2, 0.25) is 5.91 Å². The lowest BCUT2D eigenvalue weighted by molar-refractivity contribution is -0.173. The van der Waals surface area contributed by atoms with Crippen LogP contribution in [0.3, 0.4) is 0 Å². The minimum atomic E-state index is -1.16. The van der Waals surface area contributed by atoms with Crippen molar-refractivity contribution in [3.05, 3.63) is 41.5 Å². The molecule has 1 fully saturated rings. The third-order valence-electron chi connectivity index (χ3n) is 6.41. The second-order valence-corrected chi connectivity index (χ2v) is 10.6. The molecule has 0 spiro atoms. The smallest absolute Gasteiger partial charge is 0.221 e. The van der Waals surface area contributed by atoms with Crippen LogP contribution in [0.5, 0.6) is 0 Å². The number of nitrogens with one attached hydrogen (secondary N) is 1. The highest BCUT2D eigenvalue weighted by Gasteiger charge is 2.29. The molecule has 1 aromatic carbocycles. The molecule has 6 atom stereocenters. The Bertz CT molecular complexity index is 840. The van der Waals surface area contributed by atoms with Crippen LogP contribution >= 0.6 is 0 Å². The van der Waals surface area contributed by atoms with E-state index in [1.165, 1.54) is 0 Å². The molecule has 2 aliphatic rings. The number of halogens is 1. The van der Waals surface area contributed by atoms with Gasteiger partial charge in [0.25, 0.3) is 0 Å². The van der Waals surface area contributed by atoms with Gasteiger partial charge in [-0.3, -0.25) is 9.00 Å². The zero-order valence-corrected chi connectivity index (χ0v) is 20.1. The first-order valence-corrected chi connectivity index (χ1v) is 13.0. The average Bonchev–Trinajstić information content (AvgIpc) is 2.80. The highest BCUT2D eigenvalue weighted by atomic mass is 32.2. The summed E-state index contributed by atoms with van der Waals surface area (Å²) in [4.78, 5) is 14.4. The van der Waals surface area contributed by atoms with Gasteiger partial charge in [0.05, 0.1) is 12.1 Å². The molecule has 2 heterocycles. The van der Waals surface area contributed by atoms with Crippen LogP contribution in [-0.4, -0.2) is 81.5 Å². The summed E-state index contributed by atoms with van der Waals surface area (Å²) in [7, 11) is 1.11. The molecule has 2 aliphatic heterocycles. The Balaban J connectivity index is 1.51. The summed E-state index contributed by atoms with van der Waals surface area (Å²) in [6.07, 6.45) is 2.13. The molecule has 1 amide bonds. The maximum atomic E-state index is 13.7. The van der Waals surface area contributed by atoms with E-state index in [9.17, 15) is 23.6 Å². The molecule has 1 saturated heterocycles. The van der Waals surface area contributed by atoms with Gasteiger partial charge in [-0.1, -0.05) is 30.3 Å². The number of hydrogen-bond acceptors (Lipinski definition) is 6. The molecule has 3 N–H and O–H groups in total. The number of ether oxygens (including phenoxy) is 1. The van der Waals surface area contributed by atoms with Crippen molar-refractivity contribution in [1.82, 2.24) is 10.2 Å². The number of alkyl halides is 1. The molecule has 0 radical (unpaired) electrons. The Morgan fingerprint density at radius 2 is 2.06 bits per heavy atom. The van der Waals surface area contributed by atoms with Crippen LogP contribution in [0.25, 0.3) is 5.57 Å². The van der Waals surface area contributed by atoms with Gasteiger partial charge in [0, 0.05) is 47.7 Å². The second kappa shape index (κ2) is 12.2. The number of allylic oxidation sites excluding steroid dienone is 1. The van der Waals surface area contributed by atoms with Gasteiger partial charge in [0.1, 0.15) is 12.8 Å². The molecule has 7 nitrogen and oxygen atoms in total. The Morgan fingerprint density at radius 3 is 2.67 bits per heavy atom. The molecule has 0 aromatic heterocycles. The van der Waals surface area contributed by atoms with Crippen LogP contribution in [0, 0.1) is 0 Å². The van der Waals surface area contributed by atoms with Crippen molar-refractivity contribution in [2.45, 2.75) is 63.2 Å². The van der Waals surface area contributed by atoms with E-state index in [4.69, 9.17) is 4.74 Å². The SMILES string of the molecule is C[C@@H]1C[C@H](N(C)CCC(=O)N[C@H](CF)[C@H](O)c2ccc(C3=CCS(=O)CC3)cc2)C[C@H](O)O1. The van der Waals surface area contributed by atoms with Crippen LogP contribution in [0.1, 0.15) is 49.8 Å². The summed E-state index contributed by atoms with van der Waals surface area (Å²) in [6, 6.07) is 6.30. The number of amides is 1. The van der Waals surface area contributed by atoms with E-state index in [0.29, 0.717) is 30.0 Å². The number of carbonyl (C=O) groups is 1. The zero-order valence-electron chi connectivity index (χ0n) is 19.3. The van der Waals surface area contributed by atoms with E-state index in [-0.39, 0.29) is 24.5 Å². The standard InChI is InChI=1S/C24H35FN2O5S/c1-16-13-20(14-23(29)32-16)27(2)10-7-22(28)26-21(15-25)24(30)19-5-3-17(4-6-19)18-8-11-33(31)12-9-18/h3-6,8,16,20-21,23-24,29-30H,7,9-15H2,1-2H3,(H,26,28)/t16-,20+,21-,23-,24-,33?/m1/s1. The Labute approximate surface area is 197 Å². The maximum Gasteiger partial charge on any atom is 0.221 e.